The standard InChI is InChI=1S/C52H32O/c1-2-13-34(14-3-1)50-43-17-6-8-19-45(43)51(46-20-9-7-18-44(46)50)39-27-25-35-30-37(26-24-36(35)31-39)42-22-11-23-48-52(42)47-29-28-38(32-49(47)53-48)41-21-10-15-33-12-4-5-16-40(33)41/h1-32H/i1D,2D,3D,6D,7D,8D,9D,13D,14D,17D,18D,19D,20D. The maximum Gasteiger partial charge on any atom is 0.136 e. The first-order valence-electron chi connectivity index (χ1n) is 23.7. The number of hydrogen-bond donors (Lipinski definition) is 0. The maximum absolute atomic E-state index is 9.29. The Morgan fingerprint density at radius 1 is 0.340 bits per heavy atom. The molecule has 0 amide bonds. The molecule has 0 saturated carbocycles. The molecule has 1 heterocycles. The summed E-state index contributed by atoms with van der Waals surface area (Å²) in [6, 6.07) is 29.8. The highest BCUT2D eigenvalue weighted by atomic mass is 16.3. The highest BCUT2D eigenvalue weighted by Gasteiger charge is 2.18. The molecule has 0 aliphatic heterocycles. The third kappa shape index (κ3) is 4.71. The molecule has 1 heteroatoms. The molecule has 11 aromatic rings. The summed E-state index contributed by atoms with van der Waals surface area (Å²) in [6.45, 7) is 0. The molecule has 0 unspecified atom stereocenters. The summed E-state index contributed by atoms with van der Waals surface area (Å²) in [5.74, 6) is 0. The molecule has 0 aliphatic carbocycles. The number of rotatable bonds is 4. The van der Waals surface area contributed by atoms with Gasteiger partial charge in [0, 0.05) is 10.8 Å². The van der Waals surface area contributed by atoms with E-state index in [1.54, 1.807) is 12.1 Å². The maximum atomic E-state index is 9.29. The van der Waals surface area contributed by atoms with E-state index in [2.05, 4.69) is 48.5 Å². The first-order valence-corrected chi connectivity index (χ1v) is 17.2. The first-order chi connectivity index (χ1) is 31.7. The van der Waals surface area contributed by atoms with Crippen molar-refractivity contribution >= 4 is 65.0 Å². The van der Waals surface area contributed by atoms with Crippen molar-refractivity contribution in [3.63, 3.8) is 0 Å². The molecule has 53 heavy (non-hydrogen) atoms. The van der Waals surface area contributed by atoms with E-state index in [0.29, 0.717) is 5.56 Å². The van der Waals surface area contributed by atoms with Crippen molar-refractivity contribution in [2.24, 2.45) is 0 Å². The molecule has 1 nitrogen and oxygen atoms in total. The third-order valence-corrected chi connectivity index (χ3v) is 10.2. The van der Waals surface area contributed by atoms with Crippen LogP contribution in [-0.4, -0.2) is 0 Å². The monoisotopic (exact) mass is 685 g/mol. The molecule has 246 valence electrons. The Bertz CT molecular complexity index is 3870. The lowest BCUT2D eigenvalue weighted by Gasteiger charge is -2.18. The van der Waals surface area contributed by atoms with E-state index in [0.717, 1.165) is 65.7 Å². The van der Waals surface area contributed by atoms with Crippen molar-refractivity contribution in [3.8, 4) is 44.5 Å². The van der Waals surface area contributed by atoms with Crippen LogP contribution in [0.1, 0.15) is 17.8 Å². The molecule has 0 N–H and O–H groups in total. The van der Waals surface area contributed by atoms with E-state index in [4.69, 9.17) is 16.8 Å². The normalized spacial score (nSPS) is 15.2. The van der Waals surface area contributed by atoms with Crippen molar-refractivity contribution in [1.29, 1.82) is 0 Å². The second-order valence-electron chi connectivity index (χ2n) is 13.0. The molecule has 0 atom stereocenters. The quantitative estimate of drug-likeness (QED) is 0.168. The van der Waals surface area contributed by atoms with E-state index in [9.17, 15) is 5.48 Å². The summed E-state index contributed by atoms with van der Waals surface area (Å²) < 4.78 is 122. The fraction of sp³-hybridized carbons (Fsp3) is 0. The van der Waals surface area contributed by atoms with Crippen LogP contribution in [0.15, 0.2) is 198 Å². The minimum absolute atomic E-state index is 0.0820. The molecule has 0 bridgehead atoms. The highest BCUT2D eigenvalue weighted by molar-refractivity contribution is 6.22. The van der Waals surface area contributed by atoms with Crippen LogP contribution in [0.2, 0.25) is 0 Å². The van der Waals surface area contributed by atoms with E-state index in [1.807, 2.05) is 54.6 Å². The van der Waals surface area contributed by atoms with Gasteiger partial charge in [-0.1, -0.05) is 163 Å². The SMILES string of the molecule is [2H]c1c([2H])c([2H])c(-c2c3c([2H])c([2H])c([2H])c([2H])c3c(-c3ccc4cc(-c5cccc6oc7cc(-c8cccc9ccccc89)ccc7c56)ccc4c3)c3c([2H])c([2H])c([2H])c([2H])c23)c([2H])c1[2H]. The van der Waals surface area contributed by atoms with Gasteiger partial charge in [-0.25, -0.2) is 0 Å². The van der Waals surface area contributed by atoms with Gasteiger partial charge < -0.3 is 4.42 Å². The number of hydrogen-bond acceptors (Lipinski definition) is 1. The molecule has 0 saturated heterocycles. The Morgan fingerprint density at radius 3 is 1.66 bits per heavy atom. The largest absolute Gasteiger partial charge is 0.456 e. The fourth-order valence-electron chi connectivity index (χ4n) is 7.82. The van der Waals surface area contributed by atoms with Crippen LogP contribution in [0.4, 0.5) is 0 Å². The van der Waals surface area contributed by atoms with Crippen molar-refractivity contribution in [3.05, 3.63) is 194 Å². The van der Waals surface area contributed by atoms with Crippen molar-refractivity contribution in [2.45, 2.75) is 0 Å². The first kappa shape index (κ1) is 19.6. The predicted molar refractivity (Wildman–Crippen MR) is 225 cm³/mol. The van der Waals surface area contributed by atoms with Crippen LogP contribution in [0.5, 0.6) is 0 Å². The Morgan fingerprint density at radius 2 is 0.906 bits per heavy atom. The molecule has 10 aromatic carbocycles. The van der Waals surface area contributed by atoms with Gasteiger partial charge in [-0.05, 0) is 118 Å². The zero-order chi connectivity index (χ0) is 46.2. The highest BCUT2D eigenvalue weighted by Crippen LogP contribution is 2.45. The van der Waals surface area contributed by atoms with Crippen LogP contribution < -0.4 is 0 Å². The molecule has 11 rings (SSSR count). The summed E-state index contributed by atoms with van der Waals surface area (Å²) in [6.07, 6.45) is 0. The number of benzene rings is 10. The lowest BCUT2D eigenvalue weighted by atomic mass is 9.85. The van der Waals surface area contributed by atoms with E-state index >= 15 is 0 Å². The second-order valence-corrected chi connectivity index (χ2v) is 13.0. The van der Waals surface area contributed by atoms with Crippen molar-refractivity contribution in [1.82, 2.24) is 0 Å². The van der Waals surface area contributed by atoms with Crippen molar-refractivity contribution < 1.29 is 22.2 Å². The smallest absolute Gasteiger partial charge is 0.136 e. The molecule has 1 aromatic heterocycles. The fourth-order valence-corrected chi connectivity index (χ4v) is 7.82. The zero-order valence-corrected chi connectivity index (χ0v) is 27.9. The molecule has 0 aliphatic rings. The third-order valence-electron chi connectivity index (χ3n) is 10.2. The molecule has 0 radical (unpaired) electrons. The van der Waals surface area contributed by atoms with E-state index in [-0.39, 0.29) is 32.7 Å². The summed E-state index contributed by atoms with van der Waals surface area (Å²) in [7, 11) is 0. The lowest BCUT2D eigenvalue weighted by Crippen LogP contribution is -1.90. The minimum Gasteiger partial charge on any atom is -0.456 e. The molecular formula is C52H32O. The molecular weight excluding hydrogens is 641 g/mol. The van der Waals surface area contributed by atoms with Crippen LogP contribution >= 0.6 is 0 Å². The van der Waals surface area contributed by atoms with Gasteiger partial charge in [0.15, 0.2) is 0 Å². The summed E-state index contributed by atoms with van der Waals surface area (Å²) >= 11 is 0. The summed E-state index contributed by atoms with van der Waals surface area (Å²) in [5.41, 5.74) is 5.18. The lowest BCUT2D eigenvalue weighted by molar-refractivity contribution is 0.669. The van der Waals surface area contributed by atoms with Gasteiger partial charge in [-0.15, -0.1) is 0 Å². The average molecular weight is 686 g/mol. The zero-order valence-electron chi connectivity index (χ0n) is 40.9. The summed E-state index contributed by atoms with van der Waals surface area (Å²) in [4.78, 5) is 0. The Labute approximate surface area is 325 Å². The van der Waals surface area contributed by atoms with E-state index in [1.165, 1.54) is 0 Å². The van der Waals surface area contributed by atoms with Gasteiger partial charge in [0.1, 0.15) is 11.2 Å². The van der Waals surface area contributed by atoms with Crippen molar-refractivity contribution in [2.75, 3.05) is 0 Å². The number of furan rings is 1. The van der Waals surface area contributed by atoms with Crippen LogP contribution in [0.3, 0.4) is 0 Å². The Balaban J connectivity index is 1.14. The Kier molecular flexibility index (Phi) is 4.36. The predicted octanol–water partition coefficient (Wildman–Crippen LogP) is 14.9. The summed E-state index contributed by atoms with van der Waals surface area (Å²) in [5, 5.41) is 5.00. The van der Waals surface area contributed by atoms with Gasteiger partial charge in [-0.2, -0.15) is 0 Å². The van der Waals surface area contributed by atoms with Crippen LogP contribution in [-0.2, 0) is 0 Å². The molecule has 0 fully saturated rings. The van der Waals surface area contributed by atoms with Gasteiger partial charge in [-0.3, -0.25) is 0 Å². The van der Waals surface area contributed by atoms with Crippen LogP contribution in [0, 0.1) is 0 Å². The average Bonchev–Trinajstić information content (AvgIpc) is 3.72. The second kappa shape index (κ2) is 11.8. The van der Waals surface area contributed by atoms with Gasteiger partial charge >= 0.3 is 0 Å². The molecule has 0 spiro atoms. The minimum atomic E-state index is -0.713. The number of fused-ring (bicyclic) bond motifs is 7. The van der Waals surface area contributed by atoms with Gasteiger partial charge in [0.05, 0.1) is 17.8 Å². The van der Waals surface area contributed by atoms with Crippen LogP contribution in [0.25, 0.3) is 110 Å². The topological polar surface area (TPSA) is 13.1 Å². The Hall–Kier alpha value is -6.96. The van der Waals surface area contributed by atoms with Gasteiger partial charge in [0.25, 0.3) is 0 Å². The van der Waals surface area contributed by atoms with Gasteiger partial charge in [0.2, 0.25) is 0 Å². The van der Waals surface area contributed by atoms with E-state index < -0.39 is 84.1 Å².